The van der Waals surface area contributed by atoms with Crippen LogP contribution in [0.5, 0.6) is 0 Å². The van der Waals surface area contributed by atoms with Gasteiger partial charge >= 0.3 is 0 Å². The van der Waals surface area contributed by atoms with Gasteiger partial charge in [0.1, 0.15) is 0 Å². The maximum absolute atomic E-state index is 12.1. The first kappa shape index (κ1) is 14.1. The third-order valence-electron chi connectivity index (χ3n) is 3.33. The maximum atomic E-state index is 12.1. The number of aryl methyl sites for hydroxylation is 1. The largest absolute Gasteiger partial charge is 0.352 e. The molecule has 0 radical (unpaired) electrons. The van der Waals surface area contributed by atoms with Gasteiger partial charge in [0, 0.05) is 18.4 Å². The molecule has 0 aliphatic carbocycles. The smallest absolute Gasteiger partial charge is 0.255 e. The van der Waals surface area contributed by atoms with Crippen LogP contribution in [0.4, 0.5) is 5.69 Å². The Bertz CT molecular complexity index is 446. The van der Waals surface area contributed by atoms with Crippen LogP contribution in [-0.2, 0) is 0 Å². The van der Waals surface area contributed by atoms with Gasteiger partial charge in [0.25, 0.3) is 5.91 Å². The molecule has 5 nitrogen and oxygen atoms in total. The van der Waals surface area contributed by atoms with Crippen molar-refractivity contribution in [2.24, 2.45) is 11.8 Å². The van der Waals surface area contributed by atoms with E-state index in [1.807, 2.05) is 18.7 Å². The molecule has 1 saturated heterocycles. The molecule has 0 atom stereocenters. The number of hydrogen-bond donors (Lipinski definition) is 3. The molecule has 1 aliphatic heterocycles. The zero-order valence-corrected chi connectivity index (χ0v) is 11.9. The summed E-state index contributed by atoms with van der Waals surface area (Å²) in [7, 11) is 0. The van der Waals surface area contributed by atoms with E-state index >= 15 is 0 Å². The van der Waals surface area contributed by atoms with Crippen molar-refractivity contribution in [2.45, 2.75) is 19.8 Å². The average molecular weight is 280 g/mol. The second kappa shape index (κ2) is 6.77. The first-order valence-corrected chi connectivity index (χ1v) is 7.65. The van der Waals surface area contributed by atoms with Gasteiger partial charge in [-0.1, -0.05) is 0 Å². The third-order valence-corrected chi connectivity index (χ3v) is 4.38. The Morgan fingerprint density at radius 2 is 2.26 bits per heavy atom. The predicted octanol–water partition coefficient (Wildman–Crippen LogP) is 1.55. The summed E-state index contributed by atoms with van der Waals surface area (Å²) in [5.74, 6) is 8.31. The quantitative estimate of drug-likeness (QED) is 0.576. The van der Waals surface area contributed by atoms with Gasteiger partial charge in [-0.2, -0.15) is 11.8 Å². The summed E-state index contributed by atoms with van der Waals surface area (Å²) >= 11 is 1.99. The van der Waals surface area contributed by atoms with Crippen LogP contribution in [-0.4, -0.2) is 28.9 Å². The van der Waals surface area contributed by atoms with E-state index in [0.29, 0.717) is 17.2 Å². The Balaban J connectivity index is 1.95. The van der Waals surface area contributed by atoms with E-state index in [4.69, 9.17) is 5.84 Å². The van der Waals surface area contributed by atoms with Crippen molar-refractivity contribution in [3.63, 3.8) is 0 Å². The summed E-state index contributed by atoms with van der Waals surface area (Å²) in [5.41, 5.74) is 4.49. The molecule has 1 aliphatic rings. The van der Waals surface area contributed by atoms with Crippen molar-refractivity contribution in [2.75, 3.05) is 23.5 Å². The molecule has 1 fully saturated rings. The lowest BCUT2D eigenvalue weighted by molar-refractivity contribution is 0.0947. The fourth-order valence-corrected chi connectivity index (χ4v) is 3.35. The van der Waals surface area contributed by atoms with Crippen molar-refractivity contribution in [3.05, 3.63) is 23.5 Å². The molecule has 0 unspecified atom stereocenters. The third kappa shape index (κ3) is 3.84. The van der Waals surface area contributed by atoms with E-state index in [1.54, 1.807) is 12.3 Å². The number of carbonyl (C=O) groups is 1. The van der Waals surface area contributed by atoms with Crippen LogP contribution in [0.1, 0.15) is 28.9 Å². The highest BCUT2D eigenvalue weighted by Gasteiger charge is 2.16. The monoisotopic (exact) mass is 280 g/mol. The number of aromatic nitrogens is 1. The normalized spacial score (nSPS) is 16.1. The van der Waals surface area contributed by atoms with Crippen LogP contribution in [0, 0.1) is 12.8 Å². The van der Waals surface area contributed by atoms with Gasteiger partial charge in [-0.3, -0.25) is 15.6 Å². The van der Waals surface area contributed by atoms with Crippen molar-refractivity contribution in [3.8, 4) is 0 Å². The number of amides is 1. The minimum atomic E-state index is -0.112. The van der Waals surface area contributed by atoms with E-state index in [9.17, 15) is 4.79 Å². The Kier molecular flexibility index (Phi) is 5.04. The van der Waals surface area contributed by atoms with Crippen molar-refractivity contribution in [1.29, 1.82) is 0 Å². The van der Waals surface area contributed by atoms with E-state index in [2.05, 4.69) is 15.7 Å². The van der Waals surface area contributed by atoms with E-state index in [1.165, 1.54) is 24.3 Å². The van der Waals surface area contributed by atoms with Gasteiger partial charge < -0.3 is 10.7 Å². The highest BCUT2D eigenvalue weighted by molar-refractivity contribution is 7.99. The minimum Gasteiger partial charge on any atom is -0.352 e. The number of hydrazine groups is 1. The van der Waals surface area contributed by atoms with E-state index < -0.39 is 0 Å². The number of nitrogens with one attached hydrogen (secondary N) is 2. The number of nitrogen functional groups attached to an aromatic ring is 1. The molecule has 2 heterocycles. The predicted molar refractivity (Wildman–Crippen MR) is 79.2 cm³/mol. The number of hydrogen-bond acceptors (Lipinski definition) is 5. The molecule has 104 valence electrons. The van der Waals surface area contributed by atoms with Gasteiger partial charge in [-0.25, -0.2) is 0 Å². The molecule has 1 aromatic heterocycles. The van der Waals surface area contributed by atoms with Gasteiger partial charge in [0.2, 0.25) is 0 Å². The lowest BCUT2D eigenvalue weighted by Crippen LogP contribution is -2.31. The Morgan fingerprint density at radius 3 is 2.95 bits per heavy atom. The molecule has 6 heteroatoms. The van der Waals surface area contributed by atoms with Gasteiger partial charge in [0.05, 0.1) is 11.3 Å². The molecule has 1 amide bonds. The summed E-state index contributed by atoms with van der Waals surface area (Å²) < 4.78 is 0. The van der Waals surface area contributed by atoms with E-state index in [-0.39, 0.29) is 5.91 Å². The highest BCUT2D eigenvalue weighted by atomic mass is 32.2. The second-order valence-corrected chi connectivity index (χ2v) is 6.01. The van der Waals surface area contributed by atoms with Crippen LogP contribution >= 0.6 is 11.8 Å². The number of thioether (sulfide) groups is 1. The molecule has 0 aromatic carbocycles. The Hall–Kier alpha value is -1.27. The molecule has 19 heavy (non-hydrogen) atoms. The second-order valence-electron chi connectivity index (χ2n) is 4.78. The molecule has 2 rings (SSSR count). The number of carbonyl (C=O) groups excluding carboxylic acids is 1. The van der Waals surface area contributed by atoms with Gasteiger partial charge in [-0.05, 0) is 43.3 Å². The van der Waals surface area contributed by atoms with Gasteiger partial charge in [-0.15, -0.1) is 0 Å². The SMILES string of the molecule is Cc1cc(NN)c(C(=O)NCC2CCSCC2)cn1. The first-order chi connectivity index (χ1) is 9.20. The highest BCUT2D eigenvalue weighted by Crippen LogP contribution is 2.22. The standard InChI is InChI=1S/C13H20N4OS/c1-9-6-12(17-14)11(8-15-9)13(18)16-7-10-2-4-19-5-3-10/h6,8,10H,2-5,7,14H2,1H3,(H,15,17)(H,16,18). The fourth-order valence-electron chi connectivity index (χ4n) is 2.14. The topological polar surface area (TPSA) is 80.0 Å². The summed E-state index contributed by atoms with van der Waals surface area (Å²) in [6.07, 6.45) is 3.93. The van der Waals surface area contributed by atoms with Crippen LogP contribution in [0.3, 0.4) is 0 Å². The summed E-state index contributed by atoms with van der Waals surface area (Å²) in [6.45, 7) is 2.60. The van der Waals surface area contributed by atoms with Gasteiger partial charge in [0.15, 0.2) is 0 Å². The lowest BCUT2D eigenvalue weighted by Gasteiger charge is -2.21. The number of pyridine rings is 1. The summed E-state index contributed by atoms with van der Waals surface area (Å²) in [4.78, 5) is 16.3. The zero-order valence-electron chi connectivity index (χ0n) is 11.1. The maximum Gasteiger partial charge on any atom is 0.255 e. The van der Waals surface area contributed by atoms with Crippen molar-refractivity contribution >= 4 is 23.4 Å². The van der Waals surface area contributed by atoms with Crippen molar-refractivity contribution < 1.29 is 4.79 Å². The minimum absolute atomic E-state index is 0.112. The number of nitrogens with two attached hydrogens (primary N) is 1. The van der Waals surface area contributed by atoms with Crippen LogP contribution in [0.25, 0.3) is 0 Å². The number of nitrogens with zero attached hydrogens (tertiary/aromatic N) is 1. The van der Waals surface area contributed by atoms with Crippen molar-refractivity contribution in [1.82, 2.24) is 10.3 Å². The Labute approximate surface area is 117 Å². The van der Waals surface area contributed by atoms with Crippen LogP contribution < -0.4 is 16.6 Å². The first-order valence-electron chi connectivity index (χ1n) is 6.50. The summed E-state index contributed by atoms with van der Waals surface area (Å²) in [6, 6.07) is 1.77. The number of rotatable bonds is 4. The number of anilines is 1. The average Bonchev–Trinajstić information content (AvgIpc) is 2.45. The lowest BCUT2D eigenvalue weighted by atomic mass is 10.0. The Morgan fingerprint density at radius 1 is 1.53 bits per heavy atom. The summed E-state index contributed by atoms with van der Waals surface area (Å²) in [5, 5.41) is 2.98. The fraction of sp³-hybridized carbons (Fsp3) is 0.538. The zero-order chi connectivity index (χ0) is 13.7. The molecular formula is C13H20N4OS. The molecule has 1 aromatic rings. The van der Waals surface area contributed by atoms with Crippen LogP contribution in [0.15, 0.2) is 12.3 Å². The van der Waals surface area contributed by atoms with Crippen LogP contribution in [0.2, 0.25) is 0 Å². The molecule has 0 spiro atoms. The molecule has 0 bridgehead atoms. The molecule has 4 N–H and O–H groups in total. The molecular weight excluding hydrogens is 260 g/mol. The molecule has 0 saturated carbocycles. The van der Waals surface area contributed by atoms with E-state index in [0.717, 1.165) is 12.2 Å².